The maximum atomic E-state index is 13.0. The van der Waals surface area contributed by atoms with Crippen LogP contribution in [-0.2, 0) is 10.0 Å². The molecule has 1 heterocycles. The van der Waals surface area contributed by atoms with Gasteiger partial charge in [0, 0.05) is 37.4 Å². The minimum absolute atomic E-state index is 0.163. The SMILES string of the molecule is COc1cc(C(=O)Nc2cccc(S(=O)(=O)N3CCN(C)CC3)c2)ccc1OCCC(C)C. The zero-order chi connectivity index (χ0) is 24.0. The van der Waals surface area contributed by atoms with Crippen LogP contribution in [0.5, 0.6) is 11.5 Å². The van der Waals surface area contributed by atoms with E-state index in [1.807, 2.05) is 7.05 Å². The number of ether oxygens (including phenoxy) is 2. The van der Waals surface area contributed by atoms with Gasteiger partial charge >= 0.3 is 0 Å². The molecule has 0 saturated carbocycles. The Bertz CT molecular complexity index is 1060. The molecule has 0 aliphatic carbocycles. The highest BCUT2D eigenvalue weighted by Gasteiger charge is 2.27. The van der Waals surface area contributed by atoms with Crippen molar-refractivity contribution in [2.24, 2.45) is 5.92 Å². The van der Waals surface area contributed by atoms with Crippen molar-refractivity contribution in [2.75, 3.05) is 52.3 Å². The third-order valence-corrected chi connectivity index (χ3v) is 7.47. The lowest BCUT2D eigenvalue weighted by Gasteiger charge is -2.31. The number of benzene rings is 2. The van der Waals surface area contributed by atoms with Crippen molar-refractivity contribution >= 4 is 21.6 Å². The van der Waals surface area contributed by atoms with E-state index < -0.39 is 10.0 Å². The van der Waals surface area contributed by atoms with E-state index in [0.29, 0.717) is 61.5 Å². The molecule has 1 amide bonds. The average molecular weight is 476 g/mol. The van der Waals surface area contributed by atoms with Crippen LogP contribution in [0.2, 0.25) is 0 Å². The highest BCUT2D eigenvalue weighted by Crippen LogP contribution is 2.29. The quantitative estimate of drug-likeness (QED) is 0.599. The first-order valence-electron chi connectivity index (χ1n) is 11.1. The number of anilines is 1. The summed E-state index contributed by atoms with van der Waals surface area (Å²) in [6.45, 7) is 7.08. The first kappa shape index (κ1) is 25.0. The van der Waals surface area contributed by atoms with E-state index in [2.05, 4.69) is 24.1 Å². The monoisotopic (exact) mass is 475 g/mol. The van der Waals surface area contributed by atoms with Crippen LogP contribution in [0.1, 0.15) is 30.6 Å². The smallest absolute Gasteiger partial charge is 0.255 e. The molecule has 0 spiro atoms. The summed E-state index contributed by atoms with van der Waals surface area (Å²) in [6.07, 6.45) is 0.915. The molecule has 2 aromatic carbocycles. The van der Waals surface area contributed by atoms with Crippen LogP contribution >= 0.6 is 0 Å². The first-order chi connectivity index (χ1) is 15.7. The predicted octanol–water partition coefficient (Wildman–Crippen LogP) is 3.31. The van der Waals surface area contributed by atoms with Gasteiger partial charge < -0.3 is 19.7 Å². The van der Waals surface area contributed by atoms with Crippen LogP contribution in [0.25, 0.3) is 0 Å². The summed E-state index contributed by atoms with van der Waals surface area (Å²) in [5.74, 6) is 1.21. The second-order valence-electron chi connectivity index (χ2n) is 8.59. The summed E-state index contributed by atoms with van der Waals surface area (Å²) in [6, 6.07) is 11.3. The Morgan fingerprint density at radius 1 is 1.06 bits per heavy atom. The fraction of sp³-hybridized carbons (Fsp3) is 0.458. The molecule has 0 bridgehead atoms. The van der Waals surface area contributed by atoms with Crippen molar-refractivity contribution in [3.8, 4) is 11.5 Å². The Morgan fingerprint density at radius 3 is 2.45 bits per heavy atom. The molecule has 1 fully saturated rings. The molecule has 0 radical (unpaired) electrons. The molecule has 0 atom stereocenters. The van der Waals surface area contributed by atoms with E-state index in [4.69, 9.17) is 9.47 Å². The maximum Gasteiger partial charge on any atom is 0.255 e. The van der Waals surface area contributed by atoms with E-state index in [0.717, 1.165) is 6.42 Å². The molecule has 3 rings (SSSR count). The van der Waals surface area contributed by atoms with Crippen LogP contribution in [0, 0.1) is 5.92 Å². The number of amides is 1. The lowest BCUT2D eigenvalue weighted by Crippen LogP contribution is -2.47. The van der Waals surface area contributed by atoms with Gasteiger partial charge in [-0.2, -0.15) is 4.31 Å². The van der Waals surface area contributed by atoms with Crippen molar-refractivity contribution in [1.82, 2.24) is 9.21 Å². The van der Waals surface area contributed by atoms with Gasteiger partial charge in [-0.25, -0.2) is 8.42 Å². The molecule has 0 aromatic heterocycles. The number of methoxy groups -OCH3 is 1. The molecule has 1 saturated heterocycles. The fourth-order valence-electron chi connectivity index (χ4n) is 3.45. The number of hydrogen-bond donors (Lipinski definition) is 1. The summed E-state index contributed by atoms with van der Waals surface area (Å²) >= 11 is 0. The Labute approximate surface area is 196 Å². The van der Waals surface area contributed by atoms with Gasteiger partial charge in [-0.15, -0.1) is 0 Å². The zero-order valence-corrected chi connectivity index (χ0v) is 20.5. The van der Waals surface area contributed by atoms with Gasteiger partial charge in [-0.05, 0) is 55.8 Å². The molecule has 8 nitrogen and oxygen atoms in total. The molecular weight excluding hydrogens is 442 g/mol. The van der Waals surface area contributed by atoms with Crippen LogP contribution in [0.4, 0.5) is 5.69 Å². The van der Waals surface area contributed by atoms with Crippen molar-refractivity contribution < 1.29 is 22.7 Å². The number of nitrogens with zero attached hydrogens (tertiary/aromatic N) is 2. The third-order valence-electron chi connectivity index (χ3n) is 5.57. The molecule has 180 valence electrons. The lowest BCUT2D eigenvalue weighted by atomic mass is 10.1. The normalized spacial score (nSPS) is 15.4. The van der Waals surface area contributed by atoms with Gasteiger partial charge in [0.2, 0.25) is 10.0 Å². The Morgan fingerprint density at radius 2 is 1.79 bits per heavy atom. The average Bonchev–Trinajstić information content (AvgIpc) is 2.79. The lowest BCUT2D eigenvalue weighted by molar-refractivity contribution is 0.102. The molecule has 2 aromatic rings. The van der Waals surface area contributed by atoms with Gasteiger partial charge in [0.15, 0.2) is 11.5 Å². The third kappa shape index (κ3) is 6.46. The minimum Gasteiger partial charge on any atom is -0.493 e. The summed E-state index contributed by atoms with van der Waals surface area (Å²) < 4.78 is 38.7. The number of carbonyl (C=O) groups is 1. The molecule has 33 heavy (non-hydrogen) atoms. The molecule has 1 N–H and O–H groups in total. The Hall–Kier alpha value is -2.62. The maximum absolute atomic E-state index is 13.0. The number of carbonyl (C=O) groups excluding carboxylic acids is 1. The summed E-state index contributed by atoms with van der Waals surface area (Å²) in [7, 11) is -0.123. The fourth-order valence-corrected chi connectivity index (χ4v) is 4.92. The van der Waals surface area contributed by atoms with Crippen molar-refractivity contribution in [2.45, 2.75) is 25.2 Å². The van der Waals surface area contributed by atoms with Crippen molar-refractivity contribution in [3.63, 3.8) is 0 Å². The topological polar surface area (TPSA) is 88.2 Å². The van der Waals surface area contributed by atoms with Crippen molar-refractivity contribution in [1.29, 1.82) is 0 Å². The first-order valence-corrected chi connectivity index (χ1v) is 12.6. The van der Waals surface area contributed by atoms with Crippen LogP contribution in [0.15, 0.2) is 47.4 Å². The number of piperazine rings is 1. The molecule has 0 unspecified atom stereocenters. The number of rotatable bonds is 9. The summed E-state index contributed by atoms with van der Waals surface area (Å²) in [5, 5.41) is 2.78. The molecular formula is C24H33N3O5S. The van der Waals surface area contributed by atoms with Gasteiger partial charge in [0.1, 0.15) is 0 Å². The molecule has 1 aliphatic heterocycles. The van der Waals surface area contributed by atoms with E-state index in [1.54, 1.807) is 36.4 Å². The van der Waals surface area contributed by atoms with E-state index >= 15 is 0 Å². The zero-order valence-electron chi connectivity index (χ0n) is 19.7. The Kier molecular flexibility index (Phi) is 8.34. The Balaban J connectivity index is 1.71. The van der Waals surface area contributed by atoms with E-state index in [9.17, 15) is 13.2 Å². The standard InChI is InChI=1S/C24H33N3O5S/c1-18(2)10-15-32-22-9-8-19(16-23(22)31-4)24(28)25-20-6-5-7-21(17-20)33(29,30)27-13-11-26(3)12-14-27/h5-9,16-18H,10-15H2,1-4H3,(H,25,28). The second-order valence-corrected chi connectivity index (χ2v) is 10.5. The highest BCUT2D eigenvalue weighted by molar-refractivity contribution is 7.89. The van der Waals surface area contributed by atoms with E-state index in [1.165, 1.54) is 17.5 Å². The second kappa shape index (κ2) is 11.0. The number of hydrogen-bond acceptors (Lipinski definition) is 6. The van der Waals surface area contributed by atoms with Gasteiger partial charge in [0.05, 0.1) is 18.6 Å². The van der Waals surface area contributed by atoms with Crippen LogP contribution in [0.3, 0.4) is 0 Å². The summed E-state index contributed by atoms with van der Waals surface area (Å²) in [4.78, 5) is 15.1. The molecule has 9 heteroatoms. The van der Waals surface area contributed by atoms with Gasteiger partial charge in [0.25, 0.3) is 5.91 Å². The largest absolute Gasteiger partial charge is 0.493 e. The summed E-state index contributed by atoms with van der Waals surface area (Å²) in [5.41, 5.74) is 0.793. The number of sulfonamides is 1. The van der Waals surface area contributed by atoms with E-state index in [-0.39, 0.29) is 10.8 Å². The van der Waals surface area contributed by atoms with Crippen LogP contribution in [-0.4, -0.2) is 70.5 Å². The molecule has 1 aliphatic rings. The van der Waals surface area contributed by atoms with Gasteiger partial charge in [-0.1, -0.05) is 19.9 Å². The van der Waals surface area contributed by atoms with Gasteiger partial charge in [-0.3, -0.25) is 4.79 Å². The minimum atomic E-state index is -3.62. The predicted molar refractivity (Wildman–Crippen MR) is 129 cm³/mol. The van der Waals surface area contributed by atoms with Crippen LogP contribution < -0.4 is 14.8 Å². The number of likely N-dealkylation sites (N-methyl/N-ethyl adjacent to an activating group) is 1. The highest BCUT2D eigenvalue weighted by atomic mass is 32.2. The van der Waals surface area contributed by atoms with Crippen molar-refractivity contribution in [3.05, 3.63) is 48.0 Å². The number of nitrogens with one attached hydrogen (secondary N) is 1.